The molecule has 0 radical (unpaired) electrons. The highest BCUT2D eigenvalue weighted by molar-refractivity contribution is 5.44. The minimum Gasteiger partial charge on any atom is -0.431 e. The molecule has 0 saturated heterocycles. The van der Waals surface area contributed by atoms with E-state index in [9.17, 15) is 14.5 Å². The second kappa shape index (κ2) is 5.10. The highest BCUT2D eigenvalue weighted by atomic mass is 19.1. The maximum absolute atomic E-state index is 13.6. The zero-order valence-corrected chi connectivity index (χ0v) is 9.41. The first-order chi connectivity index (χ1) is 9.11. The van der Waals surface area contributed by atoms with Crippen molar-refractivity contribution in [3.8, 4) is 17.7 Å². The van der Waals surface area contributed by atoms with Crippen molar-refractivity contribution >= 4 is 5.69 Å². The number of nitriles is 1. The maximum atomic E-state index is 13.6. The van der Waals surface area contributed by atoms with Gasteiger partial charge < -0.3 is 4.74 Å². The highest BCUT2D eigenvalue weighted by Crippen LogP contribution is 2.30. The van der Waals surface area contributed by atoms with Gasteiger partial charge in [0.1, 0.15) is 0 Å². The lowest BCUT2D eigenvalue weighted by atomic mass is 10.2. The van der Waals surface area contributed by atoms with E-state index in [0.717, 1.165) is 6.07 Å². The quantitative estimate of drug-likeness (QED) is 0.624. The number of nitrogens with zero attached hydrogens (tertiary/aromatic N) is 3. The van der Waals surface area contributed by atoms with Crippen LogP contribution in [0.5, 0.6) is 11.6 Å². The Hall–Kier alpha value is -3.01. The molecule has 1 heterocycles. The predicted molar refractivity (Wildman–Crippen MR) is 62.1 cm³/mol. The molecule has 1 aromatic carbocycles. The first-order valence-corrected chi connectivity index (χ1v) is 5.08. The van der Waals surface area contributed by atoms with Gasteiger partial charge in [-0.1, -0.05) is 0 Å². The molecule has 19 heavy (non-hydrogen) atoms. The fourth-order valence-electron chi connectivity index (χ4n) is 1.36. The van der Waals surface area contributed by atoms with Crippen molar-refractivity contribution in [2.45, 2.75) is 0 Å². The van der Waals surface area contributed by atoms with Gasteiger partial charge in [-0.05, 0) is 24.3 Å². The van der Waals surface area contributed by atoms with Crippen LogP contribution in [-0.2, 0) is 0 Å². The Bertz CT molecular complexity index is 682. The number of halogens is 1. The lowest BCUT2D eigenvalue weighted by Crippen LogP contribution is -1.97. The van der Waals surface area contributed by atoms with Crippen LogP contribution in [0, 0.1) is 27.3 Å². The molecule has 6 nitrogen and oxygen atoms in total. The van der Waals surface area contributed by atoms with Crippen LogP contribution in [0.3, 0.4) is 0 Å². The van der Waals surface area contributed by atoms with E-state index in [2.05, 4.69) is 4.98 Å². The normalized spacial score (nSPS) is 9.68. The average Bonchev–Trinajstić information content (AvgIpc) is 2.41. The van der Waals surface area contributed by atoms with Crippen molar-refractivity contribution in [2.24, 2.45) is 0 Å². The number of hydrogen-bond donors (Lipinski definition) is 0. The van der Waals surface area contributed by atoms with Crippen LogP contribution >= 0.6 is 0 Å². The van der Waals surface area contributed by atoms with Crippen LogP contribution in [0.1, 0.15) is 5.56 Å². The number of hydrogen-bond acceptors (Lipinski definition) is 5. The number of rotatable bonds is 3. The van der Waals surface area contributed by atoms with Crippen molar-refractivity contribution in [1.29, 1.82) is 5.26 Å². The Balaban J connectivity index is 2.37. The van der Waals surface area contributed by atoms with Crippen LogP contribution < -0.4 is 4.74 Å². The van der Waals surface area contributed by atoms with Crippen LogP contribution in [0.2, 0.25) is 0 Å². The van der Waals surface area contributed by atoms with Gasteiger partial charge in [0.25, 0.3) is 5.88 Å². The number of ether oxygens (including phenoxy) is 1. The monoisotopic (exact) mass is 259 g/mol. The molecular weight excluding hydrogens is 253 g/mol. The molecule has 0 amide bonds. The lowest BCUT2D eigenvalue weighted by Gasteiger charge is -2.05. The van der Waals surface area contributed by atoms with E-state index in [1.807, 2.05) is 0 Å². The fraction of sp³-hybridized carbons (Fsp3) is 0. The zero-order chi connectivity index (χ0) is 13.8. The summed E-state index contributed by atoms with van der Waals surface area (Å²) < 4.78 is 18.6. The van der Waals surface area contributed by atoms with Crippen molar-refractivity contribution in [3.05, 3.63) is 58.0 Å². The first-order valence-electron chi connectivity index (χ1n) is 5.08. The fourth-order valence-corrected chi connectivity index (χ4v) is 1.36. The number of pyridine rings is 1. The van der Waals surface area contributed by atoms with E-state index in [-0.39, 0.29) is 22.9 Å². The minimum atomic E-state index is -0.793. The summed E-state index contributed by atoms with van der Waals surface area (Å²) >= 11 is 0. The molecule has 0 aliphatic rings. The first kappa shape index (κ1) is 12.4. The zero-order valence-electron chi connectivity index (χ0n) is 9.41. The average molecular weight is 259 g/mol. The Morgan fingerprint density at radius 2 is 2.21 bits per heavy atom. The number of nitro groups is 1. The molecule has 2 rings (SSSR count). The Kier molecular flexibility index (Phi) is 3.34. The van der Waals surface area contributed by atoms with E-state index in [0.29, 0.717) is 0 Å². The second-order valence-electron chi connectivity index (χ2n) is 3.44. The molecule has 0 bridgehead atoms. The third kappa shape index (κ3) is 2.63. The molecule has 0 fully saturated rings. The molecule has 0 spiro atoms. The molecule has 0 N–H and O–H groups in total. The predicted octanol–water partition coefficient (Wildman–Crippen LogP) is 2.79. The molecule has 94 valence electrons. The molecule has 0 unspecified atom stereocenters. The van der Waals surface area contributed by atoms with Gasteiger partial charge in [0.15, 0.2) is 11.6 Å². The van der Waals surface area contributed by atoms with Gasteiger partial charge in [-0.15, -0.1) is 0 Å². The third-order valence-corrected chi connectivity index (χ3v) is 2.22. The molecule has 0 atom stereocenters. The molecule has 0 aliphatic heterocycles. The lowest BCUT2D eigenvalue weighted by molar-refractivity contribution is -0.386. The van der Waals surface area contributed by atoms with E-state index in [4.69, 9.17) is 10.00 Å². The van der Waals surface area contributed by atoms with Crippen molar-refractivity contribution in [3.63, 3.8) is 0 Å². The molecule has 7 heteroatoms. The summed E-state index contributed by atoms with van der Waals surface area (Å²) in [6.45, 7) is 0. The standard InChI is InChI=1S/C12H6FN3O3/c13-9-6-8(7-14)3-4-11(9)19-12-10(16(17)18)2-1-5-15-12/h1-6H. The molecule has 0 aliphatic carbocycles. The van der Waals surface area contributed by atoms with Gasteiger partial charge in [-0.3, -0.25) is 10.1 Å². The molecule has 0 saturated carbocycles. The summed E-state index contributed by atoms with van der Waals surface area (Å²) in [7, 11) is 0. The van der Waals surface area contributed by atoms with Gasteiger partial charge in [0.05, 0.1) is 16.6 Å². The molecule has 2 aromatic rings. The van der Waals surface area contributed by atoms with Gasteiger partial charge in [-0.25, -0.2) is 9.37 Å². The third-order valence-electron chi connectivity index (χ3n) is 2.22. The van der Waals surface area contributed by atoms with Crippen LogP contribution in [-0.4, -0.2) is 9.91 Å². The molecule has 1 aromatic heterocycles. The summed E-state index contributed by atoms with van der Waals surface area (Å²) in [6.07, 6.45) is 1.30. The van der Waals surface area contributed by atoms with E-state index >= 15 is 0 Å². The van der Waals surface area contributed by atoms with Gasteiger partial charge in [0, 0.05) is 12.3 Å². The summed E-state index contributed by atoms with van der Waals surface area (Å²) in [5, 5.41) is 19.3. The van der Waals surface area contributed by atoms with Crippen molar-refractivity contribution in [2.75, 3.05) is 0 Å². The summed E-state index contributed by atoms with van der Waals surface area (Å²) in [6, 6.07) is 7.87. The van der Waals surface area contributed by atoms with Gasteiger partial charge in [-0.2, -0.15) is 5.26 Å². The summed E-state index contributed by atoms with van der Waals surface area (Å²) in [5.74, 6) is -1.34. The van der Waals surface area contributed by atoms with Crippen LogP contribution in [0.15, 0.2) is 36.5 Å². The number of aromatic nitrogens is 1. The Labute approximate surface area is 106 Å². The SMILES string of the molecule is N#Cc1ccc(Oc2ncccc2[N+](=O)[O-])c(F)c1. The smallest absolute Gasteiger partial charge is 0.331 e. The Morgan fingerprint density at radius 1 is 1.42 bits per heavy atom. The van der Waals surface area contributed by atoms with Crippen molar-refractivity contribution in [1.82, 2.24) is 4.98 Å². The minimum absolute atomic E-state index is 0.125. The van der Waals surface area contributed by atoms with Crippen LogP contribution in [0.4, 0.5) is 10.1 Å². The van der Waals surface area contributed by atoms with E-state index in [1.54, 1.807) is 6.07 Å². The largest absolute Gasteiger partial charge is 0.431 e. The highest BCUT2D eigenvalue weighted by Gasteiger charge is 2.18. The Morgan fingerprint density at radius 3 is 2.84 bits per heavy atom. The van der Waals surface area contributed by atoms with Crippen molar-refractivity contribution < 1.29 is 14.1 Å². The number of benzene rings is 1. The van der Waals surface area contributed by atoms with Gasteiger partial charge >= 0.3 is 5.69 Å². The van der Waals surface area contributed by atoms with E-state index < -0.39 is 10.7 Å². The van der Waals surface area contributed by atoms with Crippen LogP contribution in [0.25, 0.3) is 0 Å². The second-order valence-corrected chi connectivity index (χ2v) is 3.44. The summed E-state index contributed by atoms with van der Waals surface area (Å²) in [5.41, 5.74) is -0.244. The topological polar surface area (TPSA) is 89.0 Å². The maximum Gasteiger partial charge on any atom is 0.331 e. The van der Waals surface area contributed by atoms with Gasteiger partial charge in [0.2, 0.25) is 0 Å². The molecular formula is C12H6FN3O3. The van der Waals surface area contributed by atoms with E-state index in [1.165, 1.54) is 30.5 Å². The summed E-state index contributed by atoms with van der Waals surface area (Å²) in [4.78, 5) is 13.8.